The van der Waals surface area contributed by atoms with Crippen LogP contribution in [0.1, 0.15) is 18.7 Å². The van der Waals surface area contributed by atoms with Gasteiger partial charge in [-0.25, -0.2) is 0 Å². The van der Waals surface area contributed by atoms with Crippen LogP contribution in [0.3, 0.4) is 0 Å². The molecule has 0 saturated carbocycles. The van der Waals surface area contributed by atoms with Crippen LogP contribution < -0.4 is 4.74 Å². The number of aromatic nitrogens is 3. The first kappa shape index (κ1) is 13.3. The Labute approximate surface area is 113 Å². The molecule has 0 radical (unpaired) electrons. The molecule has 4 heteroatoms. The van der Waals surface area contributed by atoms with E-state index in [2.05, 4.69) is 16.8 Å². The highest BCUT2D eigenvalue weighted by Crippen LogP contribution is 2.22. The van der Waals surface area contributed by atoms with Crippen molar-refractivity contribution in [2.75, 3.05) is 7.11 Å². The van der Waals surface area contributed by atoms with Gasteiger partial charge in [-0.15, -0.1) is 16.8 Å². The molecule has 0 spiro atoms. The van der Waals surface area contributed by atoms with Gasteiger partial charge in [0.05, 0.1) is 7.11 Å². The molecule has 0 amide bonds. The minimum absolute atomic E-state index is 0.828. The molecule has 0 N–H and O–H groups in total. The predicted molar refractivity (Wildman–Crippen MR) is 76.1 cm³/mol. The zero-order valence-corrected chi connectivity index (χ0v) is 11.5. The third kappa shape index (κ3) is 3.02. The Kier molecular flexibility index (Phi) is 4.34. The van der Waals surface area contributed by atoms with E-state index in [1.165, 1.54) is 0 Å². The van der Waals surface area contributed by atoms with Crippen LogP contribution in [0.4, 0.5) is 0 Å². The van der Waals surface area contributed by atoms with E-state index in [-0.39, 0.29) is 0 Å². The third-order valence-corrected chi connectivity index (χ3v) is 3.10. The van der Waals surface area contributed by atoms with E-state index in [0.29, 0.717) is 0 Å². The number of benzene rings is 1. The van der Waals surface area contributed by atoms with E-state index < -0.39 is 0 Å². The molecule has 2 aromatic rings. The number of unbranched alkanes of at least 4 members (excludes halogenated alkanes) is 1. The topological polar surface area (TPSA) is 39.9 Å². The molecule has 0 atom stereocenters. The summed E-state index contributed by atoms with van der Waals surface area (Å²) in [5.74, 6) is 2.70. The number of hydrogen-bond acceptors (Lipinski definition) is 3. The van der Waals surface area contributed by atoms with Crippen LogP contribution in [-0.4, -0.2) is 21.9 Å². The lowest BCUT2D eigenvalue weighted by Crippen LogP contribution is -2.00. The van der Waals surface area contributed by atoms with Crippen molar-refractivity contribution in [2.45, 2.75) is 19.3 Å². The van der Waals surface area contributed by atoms with Gasteiger partial charge in [-0.1, -0.05) is 18.2 Å². The van der Waals surface area contributed by atoms with Crippen molar-refractivity contribution < 1.29 is 4.74 Å². The van der Waals surface area contributed by atoms with Crippen molar-refractivity contribution in [2.24, 2.45) is 7.05 Å². The molecular weight excluding hydrogens is 238 g/mol. The molecule has 0 saturated heterocycles. The third-order valence-electron chi connectivity index (χ3n) is 3.10. The van der Waals surface area contributed by atoms with E-state index in [1.54, 1.807) is 7.11 Å². The van der Waals surface area contributed by atoms with Crippen LogP contribution in [-0.2, 0) is 13.5 Å². The standard InChI is InChI=1S/C15H19N3O/c1-4-5-6-10-14-16-17-15(18(14)2)12-8-7-9-13(11-12)19-3/h4,7-9,11H,1,5-6,10H2,2-3H3. The zero-order valence-electron chi connectivity index (χ0n) is 11.5. The van der Waals surface area contributed by atoms with Gasteiger partial charge >= 0.3 is 0 Å². The quantitative estimate of drug-likeness (QED) is 0.590. The molecule has 2 rings (SSSR count). The van der Waals surface area contributed by atoms with Crippen molar-refractivity contribution in [3.63, 3.8) is 0 Å². The van der Waals surface area contributed by atoms with Crippen molar-refractivity contribution >= 4 is 0 Å². The molecule has 19 heavy (non-hydrogen) atoms. The summed E-state index contributed by atoms with van der Waals surface area (Å²) >= 11 is 0. The average Bonchev–Trinajstić information content (AvgIpc) is 2.81. The summed E-state index contributed by atoms with van der Waals surface area (Å²) in [6.07, 6.45) is 4.90. The SMILES string of the molecule is C=CCCCc1nnc(-c2cccc(OC)c2)n1C. The number of nitrogens with zero attached hydrogens (tertiary/aromatic N) is 3. The molecule has 0 aliphatic rings. The molecule has 0 aliphatic carbocycles. The maximum absolute atomic E-state index is 5.23. The number of aryl methyl sites for hydroxylation is 1. The zero-order chi connectivity index (χ0) is 13.7. The van der Waals surface area contributed by atoms with Gasteiger partial charge in [-0.3, -0.25) is 0 Å². The summed E-state index contributed by atoms with van der Waals surface area (Å²) in [5.41, 5.74) is 1.02. The van der Waals surface area contributed by atoms with Gasteiger partial charge in [0.2, 0.25) is 0 Å². The van der Waals surface area contributed by atoms with E-state index in [0.717, 1.165) is 42.2 Å². The Morgan fingerprint density at radius 1 is 1.37 bits per heavy atom. The first-order chi connectivity index (χ1) is 9.26. The second-order valence-electron chi connectivity index (χ2n) is 4.41. The fourth-order valence-electron chi connectivity index (χ4n) is 2.00. The van der Waals surface area contributed by atoms with Crippen LogP contribution in [0.5, 0.6) is 5.75 Å². The van der Waals surface area contributed by atoms with Gasteiger partial charge in [-0.05, 0) is 25.0 Å². The van der Waals surface area contributed by atoms with Gasteiger partial charge < -0.3 is 9.30 Å². The number of allylic oxidation sites excluding steroid dienone is 1. The number of methoxy groups -OCH3 is 1. The smallest absolute Gasteiger partial charge is 0.163 e. The predicted octanol–water partition coefficient (Wildman–Crippen LogP) is 3.00. The number of hydrogen-bond donors (Lipinski definition) is 0. The fraction of sp³-hybridized carbons (Fsp3) is 0.333. The molecule has 100 valence electrons. The maximum Gasteiger partial charge on any atom is 0.163 e. The highest BCUT2D eigenvalue weighted by Gasteiger charge is 2.10. The summed E-state index contributed by atoms with van der Waals surface area (Å²) in [5, 5.41) is 8.53. The van der Waals surface area contributed by atoms with Gasteiger partial charge in [0.1, 0.15) is 11.6 Å². The molecule has 0 aliphatic heterocycles. The van der Waals surface area contributed by atoms with Crippen molar-refractivity contribution in [1.82, 2.24) is 14.8 Å². The minimum atomic E-state index is 0.828. The first-order valence-electron chi connectivity index (χ1n) is 6.40. The molecule has 1 aromatic carbocycles. The Hall–Kier alpha value is -2.10. The number of ether oxygens (including phenoxy) is 1. The van der Waals surface area contributed by atoms with Gasteiger partial charge in [0, 0.05) is 19.0 Å². The van der Waals surface area contributed by atoms with Crippen molar-refractivity contribution in [3.05, 3.63) is 42.7 Å². The summed E-state index contributed by atoms with van der Waals surface area (Å²) in [6, 6.07) is 7.86. The molecule has 0 bridgehead atoms. The highest BCUT2D eigenvalue weighted by atomic mass is 16.5. The Morgan fingerprint density at radius 3 is 2.95 bits per heavy atom. The van der Waals surface area contributed by atoms with Crippen molar-refractivity contribution in [1.29, 1.82) is 0 Å². The Bertz CT molecular complexity index is 560. The first-order valence-corrected chi connectivity index (χ1v) is 6.40. The molecule has 0 unspecified atom stereocenters. The molecule has 0 fully saturated rings. The lowest BCUT2D eigenvalue weighted by molar-refractivity contribution is 0.415. The maximum atomic E-state index is 5.23. The van der Waals surface area contributed by atoms with Gasteiger partial charge in [0.15, 0.2) is 5.82 Å². The summed E-state index contributed by atoms with van der Waals surface area (Å²) < 4.78 is 7.27. The highest BCUT2D eigenvalue weighted by molar-refractivity contribution is 5.57. The minimum Gasteiger partial charge on any atom is -0.497 e. The van der Waals surface area contributed by atoms with Gasteiger partial charge in [0.25, 0.3) is 0 Å². The molecular formula is C15H19N3O. The molecule has 1 heterocycles. The monoisotopic (exact) mass is 257 g/mol. The Morgan fingerprint density at radius 2 is 2.21 bits per heavy atom. The normalized spacial score (nSPS) is 10.4. The van der Waals surface area contributed by atoms with Crippen molar-refractivity contribution in [3.8, 4) is 17.1 Å². The fourth-order valence-corrected chi connectivity index (χ4v) is 2.00. The lowest BCUT2D eigenvalue weighted by Gasteiger charge is -2.05. The second-order valence-corrected chi connectivity index (χ2v) is 4.41. The molecule has 4 nitrogen and oxygen atoms in total. The summed E-state index contributed by atoms with van der Waals surface area (Å²) in [7, 11) is 3.66. The molecule has 1 aromatic heterocycles. The Balaban J connectivity index is 2.22. The van der Waals surface area contributed by atoms with Crippen LogP contribution in [0.15, 0.2) is 36.9 Å². The van der Waals surface area contributed by atoms with Crippen LogP contribution >= 0.6 is 0 Å². The van der Waals surface area contributed by atoms with E-state index in [1.807, 2.05) is 42.0 Å². The second kappa shape index (κ2) is 6.18. The van der Waals surface area contributed by atoms with Crippen LogP contribution in [0.25, 0.3) is 11.4 Å². The summed E-state index contributed by atoms with van der Waals surface area (Å²) in [6.45, 7) is 3.73. The van der Waals surface area contributed by atoms with E-state index in [9.17, 15) is 0 Å². The van der Waals surface area contributed by atoms with Gasteiger partial charge in [-0.2, -0.15) is 0 Å². The number of rotatable bonds is 6. The summed E-state index contributed by atoms with van der Waals surface area (Å²) in [4.78, 5) is 0. The van der Waals surface area contributed by atoms with Crippen LogP contribution in [0.2, 0.25) is 0 Å². The van der Waals surface area contributed by atoms with E-state index >= 15 is 0 Å². The van der Waals surface area contributed by atoms with Crippen LogP contribution in [0, 0.1) is 0 Å². The largest absolute Gasteiger partial charge is 0.497 e. The van der Waals surface area contributed by atoms with E-state index in [4.69, 9.17) is 4.74 Å². The average molecular weight is 257 g/mol. The lowest BCUT2D eigenvalue weighted by atomic mass is 10.2.